The average molecular weight is 390 g/mol. The summed E-state index contributed by atoms with van der Waals surface area (Å²) in [4.78, 5) is 16.8. The number of aryl methyl sites for hydroxylation is 2. The molecule has 2 aromatic carbocycles. The van der Waals surface area contributed by atoms with Gasteiger partial charge < -0.3 is 5.32 Å². The second-order valence-corrected chi connectivity index (χ2v) is 8.76. The van der Waals surface area contributed by atoms with Crippen LogP contribution in [0.2, 0.25) is 0 Å². The maximum Gasteiger partial charge on any atom is 0.240 e. The maximum absolute atomic E-state index is 12.2. The van der Waals surface area contributed by atoms with Crippen LogP contribution in [0.25, 0.3) is 10.2 Å². The Kier molecular flexibility index (Phi) is 5.36. The minimum atomic E-state index is -3.44. The van der Waals surface area contributed by atoms with Gasteiger partial charge in [-0.3, -0.25) is 4.79 Å². The van der Waals surface area contributed by atoms with Crippen LogP contribution in [0.1, 0.15) is 17.5 Å². The van der Waals surface area contributed by atoms with Crippen molar-refractivity contribution in [2.75, 3.05) is 12.4 Å². The molecule has 0 aliphatic carbocycles. The fourth-order valence-electron chi connectivity index (χ4n) is 2.53. The van der Waals surface area contributed by atoms with Crippen LogP contribution in [0.4, 0.5) is 5.13 Å². The lowest BCUT2D eigenvalue weighted by molar-refractivity contribution is -0.116. The molecule has 2 N–H and O–H groups in total. The smallest absolute Gasteiger partial charge is 0.240 e. The van der Waals surface area contributed by atoms with Crippen LogP contribution < -0.4 is 10.0 Å². The minimum Gasteiger partial charge on any atom is -0.302 e. The first kappa shape index (κ1) is 18.5. The number of nitrogens with zero attached hydrogens (tertiary/aromatic N) is 1. The number of thiazole rings is 1. The van der Waals surface area contributed by atoms with Gasteiger partial charge in [0, 0.05) is 6.42 Å². The molecule has 3 aromatic rings. The second-order valence-electron chi connectivity index (χ2n) is 5.84. The predicted molar refractivity (Wildman–Crippen MR) is 104 cm³/mol. The molecular weight excluding hydrogens is 370 g/mol. The van der Waals surface area contributed by atoms with Gasteiger partial charge in [0.1, 0.15) is 0 Å². The number of benzene rings is 2. The number of aromatic nitrogens is 1. The summed E-state index contributed by atoms with van der Waals surface area (Å²) in [6.07, 6.45) is 0.822. The largest absolute Gasteiger partial charge is 0.302 e. The summed E-state index contributed by atoms with van der Waals surface area (Å²) < 4.78 is 26.7. The SMILES string of the molecule is CNS(=O)(=O)c1ccc(CCC(=O)Nc2nc3c(C)cccc3s2)cc1. The van der Waals surface area contributed by atoms with E-state index in [1.54, 1.807) is 12.1 Å². The Morgan fingerprint density at radius 3 is 2.54 bits per heavy atom. The fraction of sp³-hybridized carbons (Fsp3) is 0.222. The highest BCUT2D eigenvalue weighted by Gasteiger charge is 2.12. The summed E-state index contributed by atoms with van der Waals surface area (Å²) in [5.74, 6) is -0.117. The number of anilines is 1. The number of carbonyl (C=O) groups excluding carboxylic acids is 1. The van der Waals surface area contributed by atoms with Crippen molar-refractivity contribution in [3.63, 3.8) is 0 Å². The topological polar surface area (TPSA) is 88.2 Å². The molecule has 0 atom stereocenters. The summed E-state index contributed by atoms with van der Waals surface area (Å²) in [7, 11) is -2.07. The van der Waals surface area contributed by atoms with Crippen LogP contribution in [-0.4, -0.2) is 26.4 Å². The van der Waals surface area contributed by atoms with E-state index in [1.165, 1.54) is 30.5 Å². The van der Waals surface area contributed by atoms with Crippen molar-refractivity contribution in [2.45, 2.75) is 24.7 Å². The summed E-state index contributed by atoms with van der Waals surface area (Å²) in [6, 6.07) is 12.5. The molecule has 8 heteroatoms. The molecule has 0 saturated carbocycles. The number of sulfonamides is 1. The molecule has 1 aromatic heterocycles. The number of fused-ring (bicyclic) bond motifs is 1. The highest BCUT2D eigenvalue weighted by Crippen LogP contribution is 2.28. The number of nitrogens with one attached hydrogen (secondary N) is 2. The van der Waals surface area contributed by atoms with Crippen molar-refractivity contribution < 1.29 is 13.2 Å². The Balaban J connectivity index is 1.61. The van der Waals surface area contributed by atoms with Gasteiger partial charge in [0.15, 0.2) is 5.13 Å². The van der Waals surface area contributed by atoms with E-state index in [4.69, 9.17) is 0 Å². The van der Waals surface area contributed by atoms with Crippen molar-refractivity contribution >= 4 is 42.6 Å². The number of rotatable bonds is 6. The van der Waals surface area contributed by atoms with E-state index in [2.05, 4.69) is 15.0 Å². The lowest BCUT2D eigenvalue weighted by atomic mass is 10.1. The van der Waals surface area contributed by atoms with Gasteiger partial charge in [-0.15, -0.1) is 0 Å². The van der Waals surface area contributed by atoms with Crippen LogP contribution >= 0.6 is 11.3 Å². The van der Waals surface area contributed by atoms with Gasteiger partial charge in [0.05, 0.1) is 15.1 Å². The van der Waals surface area contributed by atoms with Gasteiger partial charge in [-0.05, 0) is 49.7 Å². The second kappa shape index (κ2) is 7.53. The summed E-state index contributed by atoms with van der Waals surface area (Å²) in [6.45, 7) is 1.99. The van der Waals surface area contributed by atoms with Crippen LogP contribution in [0, 0.1) is 6.92 Å². The van der Waals surface area contributed by atoms with E-state index in [1.807, 2.05) is 25.1 Å². The number of amides is 1. The molecule has 136 valence electrons. The molecule has 0 radical (unpaired) electrons. The molecule has 0 saturated heterocycles. The molecule has 0 bridgehead atoms. The zero-order chi connectivity index (χ0) is 18.7. The first-order chi connectivity index (χ1) is 12.4. The molecule has 0 spiro atoms. The van der Waals surface area contributed by atoms with Crippen molar-refractivity contribution in [3.05, 3.63) is 53.6 Å². The Morgan fingerprint density at radius 1 is 1.15 bits per heavy atom. The third-order valence-corrected chi connectivity index (χ3v) is 6.38. The van der Waals surface area contributed by atoms with Gasteiger partial charge in [-0.25, -0.2) is 18.1 Å². The standard InChI is InChI=1S/C18H19N3O3S2/c1-12-4-3-5-15-17(12)21-18(25-15)20-16(22)11-8-13-6-9-14(10-7-13)26(23,24)19-2/h3-7,9-10,19H,8,11H2,1-2H3,(H,20,21,22). The first-order valence-corrected chi connectivity index (χ1v) is 10.4. The minimum absolute atomic E-state index is 0.117. The van der Waals surface area contributed by atoms with E-state index in [9.17, 15) is 13.2 Å². The van der Waals surface area contributed by atoms with Crippen molar-refractivity contribution in [1.82, 2.24) is 9.71 Å². The third kappa shape index (κ3) is 4.09. The number of para-hydroxylation sites is 1. The van der Waals surface area contributed by atoms with Crippen LogP contribution in [0.3, 0.4) is 0 Å². The molecule has 26 heavy (non-hydrogen) atoms. The van der Waals surface area contributed by atoms with E-state index >= 15 is 0 Å². The molecule has 1 heterocycles. The summed E-state index contributed by atoms with van der Waals surface area (Å²) in [5.41, 5.74) is 2.89. The lowest BCUT2D eigenvalue weighted by Gasteiger charge is -2.05. The number of hydrogen-bond acceptors (Lipinski definition) is 5. The maximum atomic E-state index is 12.2. The molecule has 6 nitrogen and oxygen atoms in total. The fourth-order valence-corrected chi connectivity index (χ4v) is 4.22. The van der Waals surface area contributed by atoms with Crippen molar-refractivity contribution in [3.8, 4) is 0 Å². The van der Waals surface area contributed by atoms with Gasteiger partial charge in [-0.1, -0.05) is 35.6 Å². The Morgan fingerprint density at radius 2 is 1.88 bits per heavy atom. The Labute approximate surface area is 156 Å². The highest BCUT2D eigenvalue weighted by molar-refractivity contribution is 7.89. The van der Waals surface area contributed by atoms with E-state index in [0.29, 0.717) is 18.0 Å². The molecule has 0 unspecified atom stereocenters. The molecule has 3 rings (SSSR count). The van der Waals surface area contributed by atoms with Gasteiger partial charge in [0.2, 0.25) is 15.9 Å². The van der Waals surface area contributed by atoms with Gasteiger partial charge in [-0.2, -0.15) is 0 Å². The molecular formula is C18H19N3O3S2. The Bertz CT molecular complexity index is 1040. The molecule has 0 aliphatic heterocycles. The monoisotopic (exact) mass is 389 g/mol. The van der Waals surface area contributed by atoms with Gasteiger partial charge in [0.25, 0.3) is 0 Å². The summed E-state index contributed by atoms with van der Waals surface area (Å²) in [5, 5.41) is 3.43. The summed E-state index contributed by atoms with van der Waals surface area (Å²) >= 11 is 1.45. The molecule has 0 fully saturated rings. The predicted octanol–water partition coefficient (Wildman–Crippen LogP) is 3.08. The highest BCUT2D eigenvalue weighted by atomic mass is 32.2. The number of carbonyl (C=O) groups is 1. The quantitative estimate of drug-likeness (QED) is 0.678. The van der Waals surface area contributed by atoms with Crippen molar-refractivity contribution in [1.29, 1.82) is 0 Å². The number of hydrogen-bond donors (Lipinski definition) is 2. The van der Waals surface area contributed by atoms with E-state index < -0.39 is 10.0 Å². The molecule has 1 amide bonds. The third-order valence-electron chi connectivity index (χ3n) is 4.01. The van der Waals surface area contributed by atoms with E-state index in [0.717, 1.165) is 21.3 Å². The van der Waals surface area contributed by atoms with Gasteiger partial charge >= 0.3 is 0 Å². The average Bonchev–Trinajstić information content (AvgIpc) is 3.04. The van der Waals surface area contributed by atoms with Crippen LogP contribution in [-0.2, 0) is 21.2 Å². The Hall–Kier alpha value is -2.29. The van der Waals surface area contributed by atoms with Crippen molar-refractivity contribution in [2.24, 2.45) is 0 Å². The van der Waals surface area contributed by atoms with Crippen LogP contribution in [0.5, 0.6) is 0 Å². The zero-order valence-electron chi connectivity index (χ0n) is 14.4. The molecule has 0 aliphatic rings. The lowest BCUT2D eigenvalue weighted by Crippen LogP contribution is -2.18. The van der Waals surface area contributed by atoms with E-state index in [-0.39, 0.29) is 10.8 Å². The van der Waals surface area contributed by atoms with Crippen LogP contribution in [0.15, 0.2) is 47.4 Å². The normalized spacial score (nSPS) is 11.6. The zero-order valence-corrected chi connectivity index (χ0v) is 16.1. The first-order valence-electron chi connectivity index (χ1n) is 8.07.